The molecule has 96 valence electrons. The third-order valence-electron chi connectivity index (χ3n) is 1.58. The molecule has 0 heterocycles. The van der Waals surface area contributed by atoms with E-state index in [2.05, 4.69) is 18.2 Å². The maximum atomic E-state index is 11.1. The van der Waals surface area contributed by atoms with Crippen LogP contribution in [0.5, 0.6) is 0 Å². The number of carbonyl (C=O) groups is 2. The Morgan fingerprint density at radius 2 is 1.88 bits per heavy atom. The first-order chi connectivity index (χ1) is 8.20. The maximum absolute atomic E-state index is 11.1. The Labute approximate surface area is 106 Å². The van der Waals surface area contributed by atoms with Gasteiger partial charge in [0.15, 0.2) is 0 Å². The van der Waals surface area contributed by atoms with E-state index in [1.54, 1.807) is 11.8 Å². The van der Waals surface area contributed by atoms with Crippen LogP contribution in [0.4, 0.5) is 0 Å². The lowest BCUT2D eigenvalue weighted by atomic mass is 10.5. The predicted molar refractivity (Wildman–Crippen MR) is 68.9 cm³/mol. The first kappa shape index (κ1) is 15.8. The van der Waals surface area contributed by atoms with Crippen molar-refractivity contribution >= 4 is 23.7 Å². The van der Waals surface area contributed by atoms with Crippen LogP contribution in [-0.2, 0) is 19.1 Å². The van der Waals surface area contributed by atoms with E-state index < -0.39 is 11.9 Å². The van der Waals surface area contributed by atoms with Gasteiger partial charge in [-0.15, -0.1) is 0 Å². The Balaban J connectivity index is 3.59. The minimum atomic E-state index is -0.580. The summed E-state index contributed by atoms with van der Waals surface area (Å²) in [5, 5.41) is 0. The van der Waals surface area contributed by atoms with Gasteiger partial charge in [-0.3, -0.25) is 0 Å². The molecule has 0 fully saturated rings. The highest BCUT2D eigenvalue weighted by Crippen LogP contribution is 2.00. The quantitative estimate of drug-likeness (QED) is 0.274. The first-order valence-electron chi connectivity index (χ1n) is 5.41. The predicted octanol–water partition coefficient (Wildman–Crippen LogP) is 1.96. The molecule has 0 aromatic carbocycles. The van der Waals surface area contributed by atoms with Gasteiger partial charge in [0.2, 0.25) is 0 Å². The van der Waals surface area contributed by atoms with E-state index in [-0.39, 0.29) is 6.61 Å². The molecule has 0 amide bonds. The van der Waals surface area contributed by atoms with Gasteiger partial charge in [0.1, 0.15) is 6.61 Å². The Morgan fingerprint density at radius 3 is 2.47 bits per heavy atom. The second-order valence-corrected chi connectivity index (χ2v) is 4.36. The minimum absolute atomic E-state index is 0.131. The average molecular weight is 258 g/mol. The third-order valence-corrected chi connectivity index (χ3v) is 2.57. The number of ether oxygens (including phenoxy) is 2. The fourth-order valence-electron chi connectivity index (χ4n) is 0.851. The second-order valence-electron chi connectivity index (χ2n) is 2.97. The molecule has 0 N–H and O–H groups in total. The summed E-state index contributed by atoms with van der Waals surface area (Å²) in [5.74, 6) is 0.920. The van der Waals surface area contributed by atoms with E-state index in [4.69, 9.17) is 4.74 Å². The molecule has 0 rings (SSSR count). The number of hydrogen-bond donors (Lipinski definition) is 0. The van der Waals surface area contributed by atoms with Gasteiger partial charge in [-0.1, -0.05) is 19.6 Å². The molecule has 0 aromatic rings. The number of thioether (sulfide) groups is 1. The zero-order chi connectivity index (χ0) is 12.9. The lowest BCUT2D eigenvalue weighted by molar-refractivity contribution is -0.139. The van der Waals surface area contributed by atoms with Gasteiger partial charge >= 0.3 is 11.9 Å². The summed E-state index contributed by atoms with van der Waals surface area (Å²) in [6.07, 6.45) is 4.39. The number of esters is 2. The van der Waals surface area contributed by atoms with Gasteiger partial charge in [-0.2, -0.15) is 11.8 Å². The molecule has 0 aliphatic carbocycles. The van der Waals surface area contributed by atoms with Crippen LogP contribution in [0.3, 0.4) is 0 Å². The lowest BCUT2D eigenvalue weighted by Gasteiger charge is -2.01. The second kappa shape index (κ2) is 11.3. The van der Waals surface area contributed by atoms with Gasteiger partial charge in [0.05, 0.1) is 6.61 Å². The van der Waals surface area contributed by atoms with Crippen molar-refractivity contribution in [3.63, 3.8) is 0 Å². The van der Waals surface area contributed by atoms with Crippen LogP contribution in [0.15, 0.2) is 24.8 Å². The Kier molecular flexibility index (Phi) is 10.4. The van der Waals surface area contributed by atoms with E-state index in [0.29, 0.717) is 6.61 Å². The normalized spacial score (nSPS) is 10.2. The molecule has 0 bridgehead atoms. The number of carbonyl (C=O) groups excluding carboxylic acids is 2. The summed E-state index contributed by atoms with van der Waals surface area (Å²) in [5.41, 5.74) is 0. The van der Waals surface area contributed by atoms with Crippen LogP contribution in [0.2, 0.25) is 0 Å². The smallest absolute Gasteiger partial charge is 0.331 e. The summed E-state index contributed by atoms with van der Waals surface area (Å²) in [4.78, 5) is 22.1. The molecule has 0 aliphatic rings. The van der Waals surface area contributed by atoms with Crippen LogP contribution in [0.25, 0.3) is 0 Å². The first-order valence-corrected chi connectivity index (χ1v) is 6.56. The molecular formula is C12H18O4S. The van der Waals surface area contributed by atoms with Crippen molar-refractivity contribution in [3.8, 4) is 0 Å². The molecule has 17 heavy (non-hydrogen) atoms. The lowest BCUT2D eigenvalue weighted by Crippen LogP contribution is -2.05. The van der Waals surface area contributed by atoms with Crippen molar-refractivity contribution in [1.29, 1.82) is 0 Å². The fourth-order valence-corrected chi connectivity index (χ4v) is 1.46. The Morgan fingerprint density at radius 1 is 1.24 bits per heavy atom. The summed E-state index contributed by atoms with van der Waals surface area (Å²) < 4.78 is 9.52. The molecule has 0 saturated heterocycles. The Bertz CT molecular complexity index is 274. The van der Waals surface area contributed by atoms with Crippen molar-refractivity contribution < 1.29 is 19.1 Å². The molecule has 0 aliphatic heterocycles. The average Bonchev–Trinajstić information content (AvgIpc) is 2.33. The van der Waals surface area contributed by atoms with E-state index in [1.165, 1.54) is 6.08 Å². The van der Waals surface area contributed by atoms with E-state index in [9.17, 15) is 9.59 Å². The fraction of sp³-hybridized carbons (Fsp3) is 0.500. The van der Waals surface area contributed by atoms with E-state index >= 15 is 0 Å². The Hall–Kier alpha value is -1.23. The topological polar surface area (TPSA) is 52.6 Å². The van der Waals surface area contributed by atoms with Gasteiger partial charge < -0.3 is 9.47 Å². The molecule has 0 atom stereocenters. The molecule has 0 aromatic heterocycles. The maximum Gasteiger partial charge on any atom is 0.331 e. The SMILES string of the molecule is C=CCOC(=O)/C=C\C(=O)OCCCSCC. The van der Waals surface area contributed by atoms with E-state index in [1.807, 2.05) is 0 Å². The highest BCUT2D eigenvalue weighted by Gasteiger charge is 1.99. The van der Waals surface area contributed by atoms with E-state index in [0.717, 1.165) is 30.1 Å². The van der Waals surface area contributed by atoms with Crippen LogP contribution in [0, 0.1) is 0 Å². The largest absolute Gasteiger partial charge is 0.462 e. The standard InChI is InChI=1S/C12H18O4S/c1-3-8-15-11(13)6-7-12(14)16-9-5-10-17-4-2/h3,6-7H,1,4-5,8-10H2,2H3/b7-6-. The zero-order valence-corrected chi connectivity index (χ0v) is 10.8. The third kappa shape index (κ3) is 11.0. The van der Waals surface area contributed by atoms with Crippen molar-refractivity contribution in [2.75, 3.05) is 24.7 Å². The molecular weight excluding hydrogens is 240 g/mol. The summed E-state index contributed by atoms with van der Waals surface area (Å²) in [6.45, 7) is 5.98. The van der Waals surface area contributed by atoms with Crippen LogP contribution >= 0.6 is 11.8 Å². The zero-order valence-electron chi connectivity index (χ0n) is 10.0. The van der Waals surface area contributed by atoms with Gasteiger partial charge in [0, 0.05) is 12.2 Å². The summed E-state index contributed by atoms with van der Waals surface area (Å²) in [7, 11) is 0. The van der Waals surface area contributed by atoms with Gasteiger partial charge in [0.25, 0.3) is 0 Å². The number of hydrogen-bond acceptors (Lipinski definition) is 5. The van der Waals surface area contributed by atoms with Gasteiger partial charge in [-0.05, 0) is 17.9 Å². The highest BCUT2D eigenvalue weighted by molar-refractivity contribution is 7.99. The van der Waals surface area contributed by atoms with Crippen molar-refractivity contribution in [1.82, 2.24) is 0 Å². The van der Waals surface area contributed by atoms with Gasteiger partial charge in [-0.25, -0.2) is 9.59 Å². The molecule has 0 spiro atoms. The molecule has 0 saturated carbocycles. The molecule has 4 nitrogen and oxygen atoms in total. The van der Waals surface area contributed by atoms with Crippen LogP contribution in [0.1, 0.15) is 13.3 Å². The number of rotatable bonds is 9. The summed E-state index contributed by atoms with van der Waals surface area (Å²) >= 11 is 1.79. The van der Waals surface area contributed by atoms with Crippen molar-refractivity contribution in [2.45, 2.75) is 13.3 Å². The molecule has 0 unspecified atom stereocenters. The summed E-state index contributed by atoms with van der Waals surface area (Å²) in [6, 6.07) is 0. The molecule has 0 radical (unpaired) electrons. The highest BCUT2D eigenvalue weighted by atomic mass is 32.2. The van der Waals surface area contributed by atoms with Crippen molar-refractivity contribution in [3.05, 3.63) is 24.8 Å². The monoisotopic (exact) mass is 258 g/mol. The van der Waals surface area contributed by atoms with Crippen LogP contribution in [-0.4, -0.2) is 36.7 Å². The molecule has 5 heteroatoms. The van der Waals surface area contributed by atoms with Crippen LogP contribution < -0.4 is 0 Å². The van der Waals surface area contributed by atoms with Crippen molar-refractivity contribution in [2.24, 2.45) is 0 Å². The minimum Gasteiger partial charge on any atom is -0.462 e.